The van der Waals surface area contributed by atoms with Gasteiger partial charge in [0.15, 0.2) is 0 Å². The van der Waals surface area contributed by atoms with E-state index in [1.807, 2.05) is 12.1 Å². The SMILES string of the molecule is CCCNC(c1ccc(C)cc1)c1ccc(Cl)cc1Br. The molecular weight excluding hydrogens is 334 g/mol. The largest absolute Gasteiger partial charge is 0.306 e. The van der Waals surface area contributed by atoms with Crippen molar-refractivity contribution in [2.24, 2.45) is 0 Å². The third-order valence-electron chi connectivity index (χ3n) is 3.28. The van der Waals surface area contributed by atoms with Crippen molar-refractivity contribution in [1.29, 1.82) is 0 Å². The first kappa shape index (κ1) is 15.6. The van der Waals surface area contributed by atoms with Gasteiger partial charge in [0.2, 0.25) is 0 Å². The molecule has 0 saturated heterocycles. The number of benzene rings is 2. The van der Waals surface area contributed by atoms with E-state index in [0.717, 1.165) is 22.5 Å². The maximum atomic E-state index is 6.04. The molecule has 1 atom stereocenters. The number of hydrogen-bond acceptors (Lipinski definition) is 1. The minimum atomic E-state index is 0.183. The number of rotatable bonds is 5. The van der Waals surface area contributed by atoms with E-state index in [0.29, 0.717) is 0 Å². The van der Waals surface area contributed by atoms with Crippen molar-refractivity contribution < 1.29 is 0 Å². The van der Waals surface area contributed by atoms with Gasteiger partial charge in [0.1, 0.15) is 0 Å². The molecule has 1 nitrogen and oxygen atoms in total. The van der Waals surface area contributed by atoms with Gasteiger partial charge in [0, 0.05) is 9.50 Å². The highest BCUT2D eigenvalue weighted by molar-refractivity contribution is 9.10. The lowest BCUT2D eigenvalue weighted by molar-refractivity contribution is 0.597. The molecule has 20 heavy (non-hydrogen) atoms. The molecule has 0 aliphatic rings. The van der Waals surface area contributed by atoms with Gasteiger partial charge in [-0.15, -0.1) is 0 Å². The van der Waals surface area contributed by atoms with Crippen molar-refractivity contribution in [3.8, 4) is 0 Å². The number of aryl methyl sites for hydroxylation is 1. The maximum Gasteiger partial charge on any atom is 0.0587 e. The predicted molar refractivity (Wildman–Crippen MR) is 90.5 cm³/mol. The number of hydrogen-bond donors (Lipinski definition) is 1. The summed E-state index contributed by atoms with van der Waals surface area (Å²) in [6.45, 7) is 5.26. The lowest BCUT2D eigenvalue weighted by atomic mass is 9.97. The van der Waals surface area contributed by atoms with Crippen molar-refractivity contribution in [3.05, 3.63) is 68.7 Å². The molecule has 0 aliphatic carbocycles. The molecule has 2 aromatic carbocycles. The van der Waals surface area contributed by atoms with Crippen LogP contribution in [0.15, 0.2) is 46.9 Å². The summed E-state index contributed by atoms with van der Waals surface area (Å²) in [7, 11) is 0. The van der Waals surface area contributed by atoms with Crippen LogP contribution in [0.25, 0.3) is 0 Å². The van der Waals surface area contributed by atoms with E-state index in [2.05, 4.69) is 65.4 Å². The zero-order valence-corrected chi connectivity index (χ0v) is 14.1. The van der Waals surface area contributed by atoms with Crippen molar-refractivity contribution in [2.45, 2.75) is 26.3 Å². The molecule has 0 bridgehead atoms. The lowest BCUT2D eigenvalue weighted by Gasteiger charge is -2.21. The molecule has 0 amide bonds. The highest BCUT2D eigenvalue weighted by Gasteiger charge is 2.16. The van der Waals surface area contributed by atoms with Crippen molar-refractivity contribution in [2.75, 3.05) is 6.54 Å². The van der Waals surface area contributed by atoms with E-state index in [-0.39, 0.29) is 6.04 Å². The summed E-state index contributed by atoms with van der Waals surface area (Å²) in [5, 5.41) is 4.36. The van der Waals surface area contributed by atoms with E-state index in [4.69, 9.17) is 11.6 Å². The Bertz CT molecular complexity index is 566. The van der Waals surface area contributed by atoms with Crippen molar-refractivity contribution in [1.82, 2.24) is 5.32 Å². The fourth-order valence-electron chi connectivity index (χ4n) is 2.19. The van der Waals surface area contributed by atoms with Gasteiger partial charge in [-0.25, -0.2) is 0 Å². The third kappa shape index (κ3) is 3.85. The van der Waals surface area contributed by atoms with E-state index in [1.165, 1.54) is 16.7 Å². The average molecular weight is 353 g/mol. The zero-order valence-electron chi connectivity index (χ0n) is 11.8. The van der Waals surface area contributed by atoms with Crippen LogP contribution in [0.1, 0.15) is 36.1 Å². The van der Waals surface area contributed by atoms with Gasteiger partial charge in [-0.2, -0.15) is 0 Å². The van der Waals surface area contributed by atoms with Crippen LogP contribution in [0, 0.1) is 6.92 Å². The van der Waals surface area contributed by atoms with Gasteiger partial charge >= 0.3 is 0 Å². The van der Waals surface area contributed by atoms with Gasteiger partial charge in [-0.05, 0) is 43.1 Å². The Labute approximate surface area is 134 Å². The third-order valence-corrected chi connectivity index (χ3v) is 4.20. The summed E-state index contributed by atoms with van der Waals surface area (Å²) >= 11 is 9.67. The highest BCUT2D eigenvalue weighted by Crippen LogP contribution is 2.31. The van der Waals surface area contributed by atoms with Crippen LogP contribution in [-0.4, -0.2) is 6.54 Å². The Balaban J connectivity index is 2.38. The molecule has 1 unspecified atom stereocenters. The number of halogens is 2. The van der Waals surface area contributed by atoms with E-state index < -0.39 is 0 Å². The van der Waals surface area contributed by atoms with E-state index in [1.54, 1.807) is 0 Å². The summed E-state index contributed by atoms with van der Waals surface area (Å²) in [4.78, 5) is 0. The van der Waals surface area contributed by atoms with E-state index >= 15 is 0 Å². The monoisotopic (exact) mass is 351 g/mol. The first-order valence-electron chi connectivity index (χ1n) is 6.86. The van der Waals surface area contributed by atoms with Crippen LogP contribution in [0.2, 0.25) is 5.02 Å². The molecule has 0 aromatic heterocycles. The molecule has 0 radical (unpaired) electrons. The van der Waals surface area contributed by atoms with Crippen LogP contribution < -0.4 is 5.32 Å². The second-order valence-electron chi connectivity index (χ2n) is 4.96. The summed E-state index contributed by atoms with van der Waals surface area (Å²) in [5.41, 5.74) is 3.76. The maximum absolute atomic E-state index is 6.04. The molecule has 2 rings (SSSR count). The lowest BCUT2D eigenvalue weighted by Crippen LogP contribution is -2.23. The van der Waals surface area contributed by atoms with Gasteiger partial charge in [0.25, 0.3) is 0 Å². The quantitative estimate of drug-likeness (QED) is 0.749. The Morgan fingerprint density at radius 3 is 2.45 bits per heavy atom. The molecule has 0 spiro atoms. The van der Waals surface area contributed by atoms with Gasteiger partial charge in [-0.3, -0.25) is 0 Å². The second-order valence-corrected chi connectivity index (χ2v) is 6.25. The Kier molecular flexibility index (Phi) is 5.64. The summed E-state index contributed by atoms with van der Waals surface area (Å²) < 4.78 is 1.04. The molecule has 2 aromatic rings. The standard InChI is InChI=1S/C17H19BrClN/c1-3-10-20-17(13-6-4-12(2)5-7-13)15-9-8-14(19)11-16(15)18/h4-9,11,17,20H,3,10H2,1-2H3. The van der Waals surface area contributed by atoms with Gasteiger partial charge < -0.3 is 5.32 Å². The average Bonchev–Trinajstić information content (AvgIpc) is 2.42. The Morgan fingerprint density at radius 1 is 1.15 bits per heavy atom. The zero-order chi connectivity index (χ0) is 14.5. The minimum Gasteiger partial charge on any atom is -0.306 e. The molecule has 0 aliphatic heterocycles. The van der Waals surface area contributed by atoms with Gasteiger partial charge in [-0.1, -0.05) is 70.3 Å². The van der Waals surface area contributed by atoms with Crippen LogP contribution in [0.4, 0.5) is 0 Å². The highest BCUT2D eigenvalue weighted by atomic mass is 79.9. The first-order valence-corrected chi connectivity index (χ1v) is 8.04. The van der Waals surface area contributed by atoms with Crippen LogP contribution in [0.5, 0.6) is 0 Å². The molecule has 3 heteroatoms. The van der Waals surface area contributed by atoms with Crippen molar-refractivity contribution >= 4 is 27.5 Å². The van der Waals surface area contributed by atoms with Crippen LogP contribution in [-0.2, 0) is 0 Å². The smallest absolute Gasteiger partial charge is 0.0587 e. The second kappa shape index (κ2) is 7.26. The molecular formula is C17H19BrClN. The first-order chi connectivity index (χ1) is 9.61. The summed E-state index contributed by atoms with van der Waals surface area (Å²) in [5.74, 6) is 0. The summed E-state index contributed by atoms with van der Waals surface area (Å²) in [6.07, 6.45) is 1.10. The molecule has 106 valence electrons. The Morgan fingerprint density at radius 2 is 1.85 bits per heavy atom. The van der Waals surface area contributed by atoms with Crippen LogP contribution in [0.3, 0.4) is 0 Å². The van der Waals surface area contributed by atoms with Gasteiger partial charge in [0.05, 0.1) is 6.04 Å². The topological polar surface area (TPSA) is 12.0 Å². The minimum absolute atomic E-state index is 0.183. The number of nitrogens with one attached hydrogen (secondary N) is 1. The fourth-order valence-corrected chi connectivity index (χ4v) is 3.10. The molecule has 0 heterocycles. The normalized spacial score (nSPS) is 12.4. The molecule has 0 saturated carbocycles. The van der Waals surface area contributed by atoms with Crippen LogP contribution >= 0.6 is 27.5 Å². The fraction of sp³-hybridized carbons (Fsp3) is 0.294. The molecule has 0 fully saturated rings. The van der Waals surface area contributed by atoms with E-state index in [9.17, 15) is 0 Å². The molecule has 1 N–H and O–H groups in total. The summed E-state index contributed by atoms with van der Waals surface area (Å²) in [6, 6.07) is 14.8. The van der Waals surface area contributed by atoms with Crippen molar-refractivity contribution in [3.63, 3.8) is 0 Å². The Hall–Kier alpha value is -0.830. The predicted octanol–water partition coefficient (Wildman–Crippen LogP) is 5.50.